The Bertz CT molecular complexity index is 360. The lowest BCUT2D eigenvalue weighted by atomic mass is 10.2. The van der Waals surface area contributed by atoms with Gasteiger partial charge in [-0.2, -0.15) is 5.10 Å². The number of aliphatic hydroxyl groups is 1. The highest BCUT2D eigenvalue weighted by Crippen LogP contribution is 2.10. The quantitative estimate of drug-likeness (QED) is 0.726. The maximum absolute atomic E-state index is 9.07. The summed E-state index contributed by atoms with van der Waals surface area (Å²) in [5.41, 5.74) is 1.92. The van der Waals surface area contributed by atoms with Crippen LogP contribution in [0.4, 0.5) is 5.95 Å². The predicted octanol–water partition coefficient (Wildman–Crippen LogP) is 0.441. The SMILES string of the molecule is CCc1nnc(N(CCO)CCOC)nc1CC. The molecule has 1 heterocycles. The van der Waals surface area contributed by atoms with Gasteiger partial charge in [-0.3, -0.25) is 0 Å². The molecule has 0 saturated heterocycles. The van der Waals surface area contributed by atoms with E-state index in [4.69, 9.17) is 9.84 Å². The van der Waals surface area contributed by atoms with Crippen LogP contribution in [0.1, 0.15) is 25.2 Å². The largest absolute Gasteiger partial charge is 0.395 e. The van der Waals surface area contributed by atoms with Crippen molar-refractivity contribution in [3.63, 3.8) is 0 Å². The fraction of sp³-hybridized carbons (Fsp3) is 0.750. The van der Waals surface area contributed by atoms with Gasteiger partial charge in [0.2, 0.25) is 5.95 Å². The Morgan fingerprint density at radius 3 is 2.39 bits per heavy atom. The van der Waals surface area contributed by atoms with Crippen LogP contribution >= 0.6 is 0 Å². The predicted molar refractivity (Wildman–Crippen MR) is 69.8 cm³/mol. The van der Waals surface area contributed by atoms with E-state index in [0.717, 1.165) is 24.2 Å². The Kier molecular flexibility index (Phi) is 6.53. The lowest BCUT2D eigenvalue weighted by Crippen LogP contribution is -2.32. The molecule has 6 heteroatoms. The normalized spacial score (nSPS) is 10.7. The number of ether oxygens (including phenoxy) is 1. The van der Waals surface area contributed by atoms with Crippen molar-refractivity contribution in [1.82, 2.24) is 15.2 Å². The first-order valence-electron chi connectivity index (χ1n) is 6.33. The molecule has 0 spiro atoms. The van der Waals surface area contributed by atoms with Crippen LogP contribution in [0.15, 0.2) is 0 Å². The first kappa shape index (κ1) is 14.8. The van der Waals surface area contributed by atoms with E-state index in [0.29, 0.717) is 25.6 Å². The third kappa shape index (κ3) is 3.89. The highest BCUT2D eigenvalue weighted by atomic mass is 16.5. The van der Waals surface area contributed by atoms with Crippen LogP contribution in [-0.4, -0.2) is 53.7 Å². The molecule has 1 N–H and O–H groups in total. The smallest absolute Gasteiger partial charge is 0.245 e. The molecule has 1 rings (SSSR count). The Morgan fingerprint density at radius 2 is 1.83 bits per heavy atom. The minimum Gasteiger partial charge on any atom is -0.395 e. The maximum atomic E-state index is 9.07. The lowest BCUT2D eigenvalue weighted by Gasteiger charge is -2.21. The molecule has 0 fully saturated rings. The van der Waals surface area contributed by atoms with Crippen molar-refractivity contribution in [2.45, 2.75) is 26.7 Å². The van der Waals surface area contributed by atoms with Crippen LogP contribution in [0, 0.1) is 0 Å². The monoisotopic (exact) mass is 254 g/mol. The van der Waals surface area contributed by atoms with Crippen molar-refractivity contribution in [3.05, 3.63) is 11.4 Å². The third-order valence-electron chi connectivity index (χ3n) is 2.72. The van der Waals surface area contributed by atoms with Gasteiger partial charge >= 0.3 is 0 Å². The fourth-order valence-electron chi connectivity index (χ4n) is 1.70. The van der Waals surface area contributed by atoms with Gasteiger partial charge in [0, 0.05) is 20.2 Å². The van der Waals surface area contributed by atoms with E-state index in [2.05, 4.69) is 22.1 Å². The Hall–Kier alpha value is -1.27. The highest BCUT2D eigenvalue weighted by Gasteiger charge is 2.12. The van der Waals surface area contributed by atoms with Crippen LogP contribution in [0.3, 0.4) is 0 Å². The van der Waals surface area contributed by atoms with Crippen molar-refractivity contribution in [2.24, 2.45) is 0 Å². The number of aliphatic hydroxyl groups excluding tert-OH is 1. The van der Waals surface area contributed by atoms with Crippen molar-refractivity contribution in [2.75, 3.05) is 38.3 Å². The van der Waals surface area contributed by atoms with E-state index in [1.54, 1.807) is 7.11 Å². The van der Waals surface area contributed by atoms with Crippen molar-refractivity contribution in [3.8, 4) is 0 Å². The molecule has 0 saturated carbocycles. The first-order chi connectivity index (χ1) is 8.76. The number of hydrogen-bond acceptors (Lipinski definition) is 6. The molecular weight excluding hydrogens is 232 g/mol. The number of rotatable bonds is 8. The van der Waals surface area contributed by atoms with Crippen LogP contribution in [0.5, 0.6) is 0 Å². The van der Waals surface area contributed by atoms with Gasteiger partial charge in [-0.15, -0.1) is 5.10 Å². The molecular formula is C12H22N4O2. The van der Waals surface area contributed by atoms with E-state index in [-0.39, 0.29) is 6.61 Å². The van der Waals surface area contributed by atoms with E-state index in [9.17, 15) is 0 Å². The van der Waals surface area contributed by atoms with Crippen LogP contribution in [-0.2, 0) is 17.6 Å². The number of anilines is 1. The van der Waals surface area contributed by atoms with Gasteiger partial charge in [-0.25, -0.2) is 4.98 Å². The number of aryl methyl sites for hydroxylation is 2. The fourth-order valence-corrected chi connectivity index (χ4v) is 1.70. The Balaban J connectivity index is 2.89. The molecule has 0 aliphatic heterocycles. The molecule has 18 heavy (non-hydrogen) atoms. The summed E-state index contributed by atoms with van der Waals surface area (Å²) in [6.45, 7) is 5.86. The summed E-state index contributed by atoms with van der Waals surface area (Å²) in [6, 6.07) is 0. The average molecular weight is 254 g/mol. The van der Waals surface area contributed by atoms with Gasteiger partial charge in [0.1, 0.15) is 0 Å². The molecule has 102 valence electrons. The van der Waals surface area contributed by atoms with Crippen LogP contribution in [0.2, 0.25) is 0 Å². The van der Waals surface area contributed by atoms with Gasteiger partial charge in [0.15, 0.2) is 0 Å². The zero-order chi connectivity index (χ0) is 13.4. The number of aromatic nitrogens is 3. The maximum Gasteiger partial charge on any atom is 0.245 e. The van der Waals surface area contributed by atoms with Gasteiger partial charge in [0.05, 0.1) is 24.6 Å². The van der Waals surface area contributed by atoms with Gasteiger partial charge < -0.3 is 14.7 Å². The third-order valence-corrected chi connectivity index (χ3v) is 2.72. The van der Waals surface area contributed by atoms with Crippen LogP contribution < -0.4 is 4.90 Å². The lowest BCUT2D eigenvalue weighted by molar-refractivity contribution is 0.202. The van der Waals surface area contributed by atoms with E-state index in [1.165, 1.54) is 0 Å². The zero-order valence-electron chi connectivity index (χ0n) is 11.4. The zero-order valence-corrected chi connectivity index (χ0v) is 11.4. The Morgan fingerprint density at radius 1 is 1.11 bits per heavy atom. The minimum atomic E-state index is 0.0596. The molecule has 1 aromatic heterocycles. The molecule has 0 unspecified atom stereocenters. The second-order valence-corrected chi connectivity index (χ2v) is 3.92. The van der Waals surface area contributed by atoms with Crippen molar-refractivity contribution >= 4 is 5.95 Å². The van der Waals surface area contributed by atoms with Crippen LogP contribution in [0.25, 0.3) is 0 Å². The number of hydrogen-bond donors (Lipinski definition) is 1. The summed E-state index contributed by atoms with van der Waals surface area (Å²) in [5, 5.41) is 17.4. The summed E-state index contributed by atoms with van der Waals surface area (Å²) in [4.78, 5) is 6.40. The summed E-state index contributed by atoms with van der Waals surface area (Å²) < 4.78 is 5.04. The average Bonchev–Trinajstić information content (AvgIpc) is 2.42. The summed E-state index contributed by atoms with van der Waals surface area (Å²) in [6.07, 6.45) is 1.67. The van der Waals surface area contributed by atoms with Crippen molar-refractivity contribution < 1.29 is 9.84 Å². The molecule has 0 aliphatic rings. The van der Waals surface area contributed by atoms with Gasteiger partial charge in [0.25, 0.3) is 0 Å². The molecule has 1 aromatic rings. The first-order valence-corrected chi connectivity index (χ1v) is 6.33. The second-order valence-electron chi connectivity index (χ2n) is 3.92. The summed E-state index contributed by atoms with van der Waals surface area (Å²) in [7, 11) is 1.65. The van der Waals surface area contributed by atoms with Gasteiger partial charge in [-0.05, 0) is 12.8 Å². The number of methoxy groups -OCH3 is 1. The van der Waals surface area contributed by atoms with Gasteiger partial charge in [-0.1, -0.05) is 13.8 Å². The Labute approximate surface area is 108 Å². The molecule has 0 amide bonds. The highest BCUT2D eigenvalue weighted by molar-refractivity contribution is 5.30. The molecule has 6 nitrogen and oxygen atoms in total. The standard InChI is InChI=1S/C12H22N4O2/c1-4-10-11(5-2)14-15-12(13-10)16(6-8-17)7-9-18-3/h17H,4-9H2,1-3H3. The summed E-state index contributed by atoms with van der Waals surface area (Å²) >= 11 is 0. The van der Waals surface area contributed by atoms with E-state index < -0.39 is 0 Å². The molecule has 0 aromatic carbocycles. The molecule has 0 radical (unpaired) electrons. The molecule has 0 bridgehead atoms. The molecule has 0 atom stereocenters. The minimum absolute atomic E-state index is 0.0596. The summed E-state index contributed by atoms with van der Waals surface area (Å²) in [5.74, 6) is 0.565. The molecule has 0 aliphatic carbocycles. The van der Waals surface area contributed by atoms with E-state index >= 15 is 0 Å². The van der Waals surface area contributed by atoms with E-state index in [1.807, 2.05) is 11.8 Å². The second kappa shape index (κ2) is 7.94. The number of nitrogens with zero attached hydrogens (tertiary/aromatic N) is 4. The topological polar surface area (TPSA) is 71.4 Å². The van der Waals surface area contributed by atoms with Crippen molar-refractivity contribution in [1.29, 1.82) is 0 Å².